The fraction of sp³-hybridized carbons (Fsp3) is 0.583. The maximum atomic E-state index is 11.9. The molecule has 0 aromatic carbocycles. The quantitative estimate of drug-likeness (QED) is 0.0974. The molecule has 2 atom stereocenters. The second-order valence-corrected chi connectivity index (χ2v) is 4.63. The van der Waals surface area contributed by atoms with Crippen molar-refractivity contribution >= 4 is 30.0 Å². The summed E-state index contributed by atoms with van der Waals surface area (Å²) in [7, 11) is 0. The number of carboxylic acid groups (broad SMARTS) is 1. The van der Waals surface area contributed by atoms with Crippen molar-refractivity contribution in [2.24, 2.45) is 22.2 Å². The predicted molar refractivity (Wildman–Crippen MR) is 81.1 cm³/mol. The van der Waals surface area contributed by atoms with Gasteiger partial charge < -0.3 is 37.7 Å². The average Bonchev–Trinajstić information content (AvgIpc) is 2.47. The Bertz CT molecular complexity index is 463. The summed E-state index contributed by atoms with van der Waals surface area (Å²) in [5, 5.41) is 13.2. The van der Waals surface area contributed by atoms with Gasteiger partial charge in [0.1, 0.15) is 12.3 Å². The van der Waals surface area contributed by atoms with Gasteiger partial charge >= 0.3 is 5.97 Å². The number of rotatable bonds is 11. The molecule has 0 unspecified atom stereocenters. The van der Waals surface area contributed by atoms with E-state index in [0.717, 1.165) is 0 Å². The smallest absolute Gasteiger partial charge is 0.305 e. The summed E-state index contributed by atoms with van der Waals surface area (Å²) in [5.41, 5.74) is 15.9. The molecule has 0 aromatic rings. The Morgan fingerprint density at radius 3 is 2.39 bits per heavy atom. The Hall–Kier alpha value is -2.69. The molecule has 0 bridgehead atoms. The highest BCUT2D eigenvalue weighted by Crippen LogP contribution is 1.99. The fourth-order valence-corrected chi connectivity index (χ4v) is 1.58. The van der Waals surface area contributed by atoms with E-state index in [1.807, 2.05) is 0 Å². The summed E-state index contributed by atoms with van der Waals surface area (Å²) in [6.07, 6.45) is 0.496. The van der Waals surface area contributed by atoms with Crippen molar-refractivity contribution in [3.05, 3.63) is 0 Å². The van der Waals surface area contributed by atoms with Crippen LogP contribution in [0, 0.1) is 0 Å². The van der Waals surface area contributed by atoms with Gasteiger partial charge in [0, 0.05) is 6.54 Å². The maximum Gasteiger partial charge on any atom is 0.305 e. The van der Waals surface area contributed by atoms with Crippen LogP contribution in [0.25, 0.3) is 0 Å². The molecule has 0 saturated heterocycles. The molecule has 0 aliphatic carbocycles. The van der Waals surface area contributed by atoms with Crippen molar-refractivity contribution in [2.45, 2.75) is 31.3 Å². The first-order valence-electron chi connectivity index (χ1n) is 6.82. The number of amides is 2. The first-order valence-corrected chi connectivity index (χ1v) is 6.82. The Morgan fingerprint density at radius 2 is 1.87 bits per heavy atom. The molecule has 2 amide bonds. The molecule has 0 heterocycles. The van der Waals surface area contributed by atoms with Crippen molar-refractivity contribution in [1.29, 1.82) is 0 Å². The number of guanidine groups is 1. The molecule has 0 aliphatic heterocycles. The van der Waals surface area contributed by atoms with Gasteiger partial charge in [-0.2, -0.15) is 0 Å². The van der Waals surface area contributed by atoms with Gasteiger partial charge in [0.2, 0.25) is 11.8 Å². The van der Waals surface area contributed by atoms with Crippen molar-refractivity contribution in [3.8, 4) is 0 Å². The third kappa shape index (κ3) is 9.79. The molecule has 0 fully saturated rings. The van der Waals surface area contributed by atoms with Crippen molar-refractivity contribution in [1.82, 2.24) is 10.6 Å². The van der Waals surface area contributed by atoms with E-state index in [1.54, 1.807) is 0 Å². The van der Waals surface area contributed by atoms with E-state index in [-0.39, 0.29) is 18.9 Å². The molecule has 11 heteroatoms. The minimum atomic E-state index is -1.32. The lowest BCUT2D eigenvalue weighted by molar-refractivity contribution is -0.140. The normalized spacial score (nSPS) is 12.6. The lowest BCUT2D eigenvalue weighted by Gasteiger charge is -2.18. The Morgan fingerprint density at radius 1 is 1.22 bits per heavy atom. The zero-order chi connectivity index (χ0) is 17.8. The van der Waals surface area contributed by atoms with Crippen LogP contribution < -0.4 is 27.8 Å². The second kappa shape index (κ2) is 11.0. The molecule has 130 valence electrons. The number of nitrogens with one attached hydrogen (secondary N) is 2. The van der Waals surface area contributed by atoms with Gasteiger partial charge in [-0.1, -0.05) is 0 Å². The second-order valence-electron chi connectivity index (χ2n) is 4.63. The van der Waals surface area contributed by atoms with Crippen LogP contribution >= 0.6 is 0 Å². The number of aldehydes is 1. The molecular weight excluding hydrogens is 308 g/mol. The van der Waals surface area contributed by atoms with Crippen molar-refractivity contribution in [2.75, 3.05) is 13.1 Å². The lowest BCUT2D eigenvalue weighted by atomic mass is 10.1. The molecule has 0 rings (SSSR count). The van der Waals surface area contributed by atoms with E-state index in [4.69, 9.17) is 22.3 Å². The van der Waals surface area contributed by atoms with E-state index < -0.39 is 36.3 Å². The van der Waals surface area contributed by atoms with Gasteiger partial charge in [-0.05, 0) is 12.8 Å². The lowest BCUT2D eigenvalue weighted by Crippen LogP contribution is -2.52. The topological polar surface area (TPSA) is 203 Å². The number of carbonyl (C=O) groups excluding carboxylic acids is 3. The third-order valence-corrected chi connectivity index (χ3v) is 2.68. The number of carbonyl (C=O) groups is 4. The fourth-order valence-electron chi connectivity index (χ4n) is 1.58. The molecule has 0 radical (unpaired) electrons. The Balaban J connectivity index is 4.50. The van der Waals surface area contributed by atoms with E-state index in [0.29, 0.717) is 19.3 Å². The number of aliphatic carboxylic acids is 1. The van der Waals surface area contributed by atoms with E-state index >= 15 is 0 Å². The maximum absolute atomic E-state index is 11.9. The molecule has 0 spiro atoms. The summed E-state index contributed by atoms with van der Waals surface area (Å²) in [6.45, 7) is 0.0110. The van der Waals surface area contributed by atoms with Gasteiger partial charge in [0.05, 0.1) is 19.0 Å². The van der Waals surface area contributed by atoms with Gasteiger partial charge in [-0.3, -0.25) is 19.4 Å². The SMILES string of the molecule is NC(N)=NCCC[C@H](N)C(=O)N[C@@H](CC(=O)O)C(=O)NCC=O. The largest absolute Gasteiger partial charge is 0.481 e. The highest BCUT2D eigenvalue weighted by molar-refractivity contribution is 5.92. The zero-order valence-electron chi connectivity index (χ0n) is 12.5. The molecule has 0 saturated carbocycles. The summed E-state index contributed by atoms with van der Waals surface area (Å²) in [5.74, 6) is -2.81. The number of nitrogens with zero attached hydrogens (tertiary/aromatic N) is 1. The molecule has 11 nitrogen and oxygen atoms in total. The minimum Gasteiger partial charge on any atom is -0.481 e. The summed E-state index contributed by atoms with van der Waals surface area (Å²) in [4.78, 5) is 48.3. The molecule has 9 N–H and O–H groups in total. The Kier molecular flexibility index (Phi) is 9.67. The summed E-state index contributed by atoms with van der Waals surface area (Å²) >= 11 is 0. The highest BCUT2D eigenvalue weighted by Gasteiger charge is 2.25. The van der Waals surface area contributed by atoms with Crippen LogP contribution in [-0.4, -0.2) is 60.3 Å². The molecule has 0 aliphatic rings. The first kappa shape index (κ1) is 20.3. The van der Waals surface area contributed by atoms with Crippen LogP contribution in [0.1, 0.15) is 19.3 Å². The van der Waals surface area contributed by atoms with Gasteiger partial charge in [-0.25, -0.2) is 0 Å². The van der Waals surface area contributed by atoms with E-state index in [9.17, 15) is 19.2 Å². The van der Waals surface area contributed by atoms with Crippen LogP contribution in [-0.2, 0) is 19.2 Å². The minimum absolute atomic E-state index is 0.0728. The van der Waals surface area contributed by atoms with Gasteiger partial charge in [0.25, 0.3) is 0 Å². The van der Waals surface area contributed by atoms with E-state index in [1.165, 1.54) is 0 Å². The number of aliphatic imine (C=N–C) groups is 1. The molecular formula is C12H22N6O5. The van der Waals surface area contributed by atoms with Crippen LogP contribution in [0.4, 0.5) is 0 Å². The van der Waals surface area contributed by atoms with Crippen LogP contribution in [0.15, 0.2) is 4.99 Å². The predicted octanol–water partition coefficient (Wildman–Crippen LogP) is -3.36. The zero-order valence-corrected chi connectivity index (χ0v) is 12.5. The molecule has 0 aromatic heterocycles. The third-order valence-electron chi connectivity index (χ3n) is 2.68. The van der Waals surface area contributed by atoms with Gasteiger partial charge in [0.15, 0.2) is 5.96 Å². The van der Waals surface area contributed by atoms with Crippen molar-refractivity contribution < 1.29 is 24.3 Å². The highest BCUT2D eigenvalue weighted by atomic mass is 16.4. The van der Waals surface area contributed by atoms with E-state index in [2.05, 4.69) is 15.6 Å². The summed E-state index contributed by atoms with van der Waals surface area (Å²) < 4.78 is 0. The number of hydrogen-bond donors (Lipinski definition) is 6. The number of hydrogen-bond acceptors (Lipinski definition) is 6. The first-order chi connectivity index (χ1) is 10.8. The van der Waals surface area contributed by atoms with Crippen LogP contribution in [0.5, 0.6) is 0 Å². The number of carboxylic acids is 1. The average molecular weight is 330 g/mol. The van der Waals surface area contributed by atoms with Crippen LogP contribution in [0.3, 0.4) is 0 Å². The number of nitrogens with two attached hydrogens (primary N) is 3. The standard InChI is InChI=1S/C12H22N6O5/c13-7(2-1-3-17-12(14)15)10(22)18-8(6-9(20)21)11(23)16-4-5-19/h5,7-8H,1-4,6,13H2,(H,16,23)(H,18,22)(H,20,21)(H4,14,15,17)/t7-,8-/m0/s1. The van der Waals surface area contributed by atoms with Gasteiger partial charge in [-0.15, -0.1) is 0 Å². The Labute approximate surface area is 132 Å². The molecule has 23 heavy (non-hydrogen) atoms. The summed E-state index contributed by atoms with van der Waals surface area (Å²) in [6, 6.07) is -2.26. The van der Waals surface area contributed by atoms with Crippen LogP contribution in [0.2, 0.25) is 0 Å². The monoisotopic (exact) mass is 330 g/mol. The van der Waals surface area contributed by atoms with Crippen molar-refractivity contribution in [3.63, 3.8) is 0 Å².